The number of rotatable bonds is 3. The molecule has 0 saturated carbocycles. The summed E-state index contributed by atoms with van der Waals surface area (Å²) in [5.74, 6) is 1.73. The molecule has 2 aromatic rings. The Labute approximate surface area is 128 Å². The Morgan fingerprint density at radius 3 is 2.60 bits per heavy atom. The summed E-state index contributed by atoms with van der Waals surface area (Å²) in [6.45, 7) is 0.480. The van der Waals surface area contributed by atoms with Gasteiger partial charge < -0.3 is 10.5 Å². The quantitative estimate of drug-likeness (QED) is 0.893. The van der Waals surface area contributed by atoms with Crippen LogP contribution < -0.4 is 10.5 Å². The topological polar surface area (TPSA) is 35.2 Å². The van der Waals surface area contributed by atoms with Crippen LogP contribution in [0.4, 0.5) is 0 Å². The fourth-order valence-electron chi connectivity index (χ4n) is 2.69. The maximum atomic E-state index is 6.04. The minimum atomic E-state index is 0.480. The van der Waals surface area contributed by atoms with E-state index in [1.807, 2.05) is 18.2 Å². The Morgan fingerprint density at radius 1 is 1.00 bits per heavy atom. The van der Waals surface area contributed by atoms with Gasteiger partial charge in [-0.05, 0) is 61.1 Å². The van der Waals surface area contributed by atoms with Crippen LogP contribution in [0.25, 0.3) is 0 Å². The zero-order valence-corrected chi connectivity index (χ0v) is 12.9. The van der Waals surface area contributed by atoms with Gasteiger partial charge in [-0.25, -0.2) is 0 Å². The summed E-state index contributed by atoms with van der Waals surface area (Å²) in [6, 6.07) is 12.4. The van der Waals surface area contributed by atoms with Gasteiger partial charge in [0.1, 0.15) is 11.5 Å². The third-order valence-corrected chi connectivity index (χ3v) is 4.29. The lowest BCUT2D eigenvalue weighted by Gasteiger charge is -2.17. The molecule has 1 aliphatic rings. The monoisotopic (exact) mass is 331 g/mol. The van der Waals surface area contributed by atoms with Crippen LogP contribution in [-0.4, -0.2) is 0 Å². The van der Waals surface area contributed by atoms with Crippen molar-refractivity contribution in [3.8, 4) is 11.5 Å². The molecule has 0 aliphatic heterocycles. The van der Waals surface area contributed by atoms with Gasteiger partial charge in [0, 0.05) is 16.6 Å². The highest BCUT2D eigenvalue weighted by atomic mass is 79.9. The van der Waals surface area contributed by atoms with E-state index < -0.39 is 0 Å². The van der Waals surface area contributed by atoms with Gasteiger partial charge in [-0.1, -0.05) is 28.1 Å². The molecule has 20 heavy (non-hydrogen) atoms. The van der Waals surface area contributed by atoms with Gasteiger partial charge >= 0.3 is 0 Å². The van der Waals surface area contributed by atoms with Crippen LogP contribution in [0.15, 0.2) is 40.9 Å². The molecule has 0 amide bonds. The Balaban J connectivity index is 1.89. The first-order valence-corrected chi connectivity index (χ1v) is 7.84. The summed E-state index contributed by atoms with van der Waals surface area (Å²) in [6.07, 6.45) is 4.94. The third kappa shape index (κ3) is 2.89. The largest absolute Gasteiger partial charge is 0.457 e. The molecule has 0 saturated heterocycles. The molecule has 0 heterocycles. The van der Waals surface area contributed by atoms with Crippen molar-refractivity contribution in [3.63, 3.8) is 0 Å². The first-order valence-electron chi connectivity index (χ1n) is 7.04. The van der Waals surface area contributed by atoms with E-state index in [9.17, 15) is 0 Å². The van der Waals surface area contributed by atoms with E-state index in [1.165, 1.54) is 30.4 Å². The van der Waals surface area contributed by atoms with Gasteiger partial charge in [0.15, 0.2) is 0 Å². The number of hydrogen-bond donors (Lipinski definition) is 1. The minimum Gasteiger partial charge on any atom is -0.457 e. The summed E-state index contributed by atoms with van der Waals surface area (Å²) in [5.41, 5.74) is 9.69. The maximum Gasteiger partial charge on any atom is 0.133 e. The number of halogens is 1. The molecule has 0 unspecified atom stereocenters. The fraction of sp³-hybridized carbons (Fsp3) is 0.294. The highest BCUT2D eigenvalue weighted by Crippen LogP contribution is 2.31. The van der Waals surface area contributed by atoms with Crippen LogP contribution in [0, 0.1) is 0 Å². The molecule has 0 radical (unpaired) electrons. The summed E-state index contributed by atoms with van der Waals surface area (Å²) in [4.78, 5) is 0. The second kappa shape index (κ2) is 5.98. The number of nitrogens with two attached hydrogens (primary N) is 1. The fourth-order valence-corrected chi connectivity index (χ4v) is 3.03. The lowest BCUT2D eigenvalue weighted by molar-refractivity contribution is 0.474. The molecule has 2 N–H and O–H groups in total. The molecule has 3 rings (SSSR count). The molecule has 1 aliphatic carbocycles. The predicted molar refractivity (Wildman–Crippen MR) is 85.2 cm³/mol. The van der Waals surface area contributed by atoms with Crippen molar-refractivity contribution in [2.24, 2.45) is 5.73 Å². The molecular formula is C17H18BrNO. The molecule has 104 valence electrons. The zero-order chi connectivity index (χ0) is 13.9. The van der Waals surface area contributed by atoms with Gasteiger partial charge in [0.25, 0.3) is 0 Å². The predicted octanol–water partition coefficient (Wildman–Crippen LogP) is 4.58. The molecule has 0 fully saturated rings. The molecule has 3 heteroatoms. The Morgan fingerprint density at radius 2 is 1.80 bits per heavy atom. The van der Waals surface area contributed by atoms with E-state index in [0.717, 1.165) is 28.0 Å². The van der Waals surface area contributed by atoms with E-state index in [-0.39, 0.29) is 0 Å². The average molecular weight is 332 g/mol. The van der Waals surface area contributed by atoms with E-state index in [0.29, 0.717) is 6.54 Å². The van der Waals surface area contributed by atoms with Crippen molar-refractivity contribution in [2.45, 2.75) is 32.2 Å². The standard InChI is InChI=1S/C17H18BrNO/c18-15-7-5-14(11-19)17(10-15)20-16-8-6-12-3-1-2-4-13(12)9-16/h5-10H,1-4,11,19H2. The first-order chi connectivity index (χ1) is 9.76. The van der Waals surface area contributed by atoms with E-state index >= 15 is 0 Å². The minimum absolute atomic E-state index is 0.480. The van der Waals surface area contributed by atoms with Gasteiger partial charge in [-0.2, -0.15) is 0 Å². The van der Waals surface area contributed by atoms with Gasteiger partial charge in [0.05, 0.1) is 0 Å². The van der Waals surface area contributed by atoms with Crippen LogP contribution in [0.1, 0.15) is 29.5 Å². The summed E-state index contributed by atoms with van der Waals surface area (Å²) < 4.78 is 7.04. The lowest BCUT2D eigenvalue weighted by atomic mass is 9.92. The second-order valence-corrected chi connectivity index (χ2v) is 6.11. The van der Waals surface area contributed by atoms with Gasteiger partial charge in [0.2, 0.25) is 0 Å². The van der Waals surface area contributed by atoms with Crippen LogP contribution in [0.3, 0.4) is 0 Å². The smallest absolute Gasteiger partial charge is 0.133 e. The van der Waals surface area contributed by atoms with Crippen LogP contribution >= 0.6 is 15.9 Å². The lowest BCUT2D eigenvalue weighted by Crippen LogP contribution is -2.03. The molecule has 0 aromatic heterocycles. The second-order valence-electron chi connectivity index (χ2n) is 5.20. The highest BCUT2D eigenvalue weighted by molar-refractivity contribution is 9.10. The molecule has 0 bridgehead atoms. The van der Waals surface area contributed by atoms with Crippen LogP contribution in [0.2, 0.25) is 0 Å². The maximum absolute atomic E-state index is 6.04. The first kappa shape index (κ1) is 13.7. The van der Waals surface area contributed by atoms with E-state index in [4.69, 9.17) is 10.5 Å². The Bertz CT molecular complexity index is 624. The zero-order valence-electron chi connectivity index (χ0n) is 11.4. The summed E-state index contributed by atoms with van der Waals surface area (Å²) in [7, 11) is 0. The van der Waals surface area contributed by atoms with Crippen molar-refractivity contribution < 1.29 is 4.74 Å². The van der Waals surface area contributed by atoms with Crippen molar-refractivity contribution >= 4 is 15.9 Å². The van der Waals surface area contributed by atoms with Gasteiger partial charge in [-0.15, -0.1) is 0 Å². The molecule has 0 atom stereocenters. The number of benzene rings is 2. The molecule has 2 nitrogen and oxygen atoms in total. The Hall–Kier alpha value is -1.32. The van der Waals surface area contributed by atoms with Gasteiger partial charge in [-0.3, -0.25) is 0 Å². The average Bonchev–Trinajstić information content (AvgIpc) is 2.47. The number of hydrogen-bond acceptors (Lipinski definition) is 2. The molecule has 0 spiro atoms. The van der Waals surface area contributed by atoms with E-state index in [1.54, 1.807) is 0 Å². The highest BCUT2D eigenvalue weighted by Gasteiger charge is 2.11. The number of ether oxygens (including phenoxy) is 1. The van der Waals surface area contributed by atoms with E-state index in [2.05, 4.69) is 34.1 Å². The third-order valence-electron chi connectivity index (χ3n) is 3.80. The number of aryl methyl sites for hydroxylation is 2. The summed E-state index contributed by atoms with van der Waals surface area (Å²) >= 11 is 3.48. The Kier molecular flexibility index (Phi) is 4.08. The van der Waals surface area contributed by atoms with Crippen LogP contribution in [-0.2, 0) is 19.4 Å². The molecule has 2 aromatic carbocycles. The normalized spacial score (nSPS) is 13.9. The number of fused-ring (bicyclic) bond motifs is 1. The van der Waals surface area contributed by atoms with Crippen molar-refractivity contribution in [1.82, 2.24) is 0 Å². The van der Waals surface area contributed by atoms with Crippen molar-refractivity contribution in [2.75, 3.05) is 0 Å². The summed E-state index contributed by atoms with van der Waals surface area (Å²) in [5, 5.41) is 0. The van der Waals surface area contributed by atoms with Crippen molar-refractivity contribution in [3.05, 3.63) is 57.6 Å². The van der Waals surface area contributed by atoms with Crippen molar-refractivity contribution in [1.29, 1.82) is 0 Å². The van der Waals surface area contributed by atoms with Crippen LogP contribution in [0.5, 0.6) is 11.5 Å². The molecular weight excluding hydrogens is 314 g/mol. The SMILES string of the molecule is NCc1ccc(Br)cc1Oc1ccc2c(c1)CCCC2.